The van der Waals surface area contributed by atoms with E-state index in [1.807, 2.05) is 13.0 Å². The molecule has 0 unspecified atom stereocenters. The molecule has 0 radical (unpaired) electrons. The molecule has 0 fully saturated rings. The SMILES string of the molecule is CCC(=O)Nc1ccc(C)c(NC(=O)NCCCn2nc3n(c2=O)CCCC3)c1. The first-order valence-electron chi connectivity index (χ1n) is 10.1. The molecule has 1 aliphatic heterocycles. The maximum Gasteiger partial charge on any atom is 0.345 e. The molecule has 3 N–H and O–H groups in total. The maximum atomic E-state index is 12.3. The Balaban J connectivity index is 1.48. The summed E-state index contributed by atoms with van der Waals surface area (Å²) < 4.78 is 3.24. The molecular weight excluding hydrogens is 372 g/mol. The lowest BCUT2D eigenvalue weighted by atomic mass is 10.2. The Labute approximate surface area is 169 Å². The fourth-order valence-corrected chi connectivity index (χ4v) is 3.28. The monoisotopic (exact) mass is 400 g/mol. The quantitative estimate of drug-likeness (QED) is 0.619. The molecule has 0 saturated heterocycles. The third-order valence-corrected chi connectivity index (χ3v) is 4.95. The first-order valence-corrected chi connectivity index (χ1v) is 10.1. The van der Waals surface area contributed by atoms with Crippen LogP contribution in [-0.2, 0) is 24.3 Å². The molecule has 3 rings (SSSR count). The van der Waals surface area contributed by atoms with Crippen molar-refractivity contribution in [3.63, 3.8) is 0 Å². The fourth-order valence-electron chi connectivity index (χ4n) is 3.28. The van der Waals surface area contributed by atoms with E-state index in [1.165, 1.54) is 4.68 Å². The number of urea groups is 1. The van der Waals surface area contributed by atoms with Gasteiger partial charge in [0.2, 0.25) is 5.91 Å². The average molecular weight is 400 g/mol. The van der Waals surface area contributed by atoms with Crippen LogP contribution in [0.3, 0.4) is 0 Å². The van der Waals surface area contributed by atoms with E-state index in [2.05, 4.69) is 21.0 Å². The number of anilines is 2. The minimum Gasteiger partial charge on any atom is -0.338 e. The molecule has 156 valence electrons. The molecule has 2 aromatic rings. The van der Waals surface area contributed by atoms with Gasteiger partial charge in [0.1, 0.15) is 5.82 Å². The Bertz CT molecular complexity index is 946. The lowest BCUT2D eigenvalue weighted by molar-refractivity contribution is -0.115. The molecule has 0 bridgehead atoms. The zero-order valence-electron chi connectivity index (χ0n) is 17.0. The van der Waals surface area contributed by atoms with E-state index in [0.29, 0.717) is 37.3 Å². The molecular formula is C20H28N6O3. The van der Waals surface area contributed by atoms with Crippen molar-refractivity contribution in [2.24, 2.45) is 0 Å². The van der Waals surface area contributed by atoms with Gasteiger partial charge >= 0.3 is 11.7 Å². The fraction of sp³-hybridized carbons (Fsp3) is 0.500. The molecule has 0 aliphatic carbocycles. The van der Waals surface area contributed by atoms with Gasteiger partial charge in [-0.3, -0.25) is 9.36 Å². The summed E-state index contributed by atoms with van der Waals surface area (Å²) in [5, 5.41) is 12.8. The van der Waals surface area contributed by atoms with Crippen LogP contribution in [0, 0.1) is 6.92 Å². The number of hydrogen-bond acceptors (Lipinski definition) is 4. The molecule has 1 aromatic heterocycles. The van der Waals surface area contributed by atoms with Gasteiger partial charge in [-0.25, -0.2) is 14.3 Å². The second-order valence-corrected chi connectivity index (χ2v) is 7.20. The van der Waals surface area contributed by atoms with Gasteiger partial charge in [0.25, 0.3) is 0 Å². The summed E-state index contributed by atoms with van der Waals surface area (Å²) in [5.74, 6) is 0.776. The van der Waals surface area contributed by atoms with E-state index in [-0.39, 0.29) is 17.6 Å². The molecule has 1 aromatic carbocycles. The van der Waals surface area contributed by atoms with Gasteiger partial charge in [0.15, 0.2) is 0 Å². The second kappa shape index (κ2) is 9.40. The molecule has 2 heterocycles. The first-order chi connectivity index (χ1) is 14.0. The number of benzene rings is 1. The Morgan fingerprint density at radius 3 is 2.79 bits per heavy atom. The van der Waals surface area contributed by atoms with Crippen molar-refractivity contribution in [1.29, 1.82) is 0 Å². The van der Waals surface area contributed by atoms with Crippen molar-refractivity contribution in [2.75, 3.05) is 17.2 Å². The Morgan fingerprint density at radius 1 is 1.21 bits per heavy atom. The smallest absolute Gasteiger partial charge is 0.338 e. The van der Waals surface area contributed by atoms with Crippen LogP contribution in [0.4, 0.5) is 16.2 Å². The normalized spacial score (nSPS) is 12.9. The van der Waals surface area contributed by atoms with Crippen LogP contribution in [0.5, 0.6) is 0 Å². The summed E-state index contributed by atoms with van der Waals surface area (Å²) in [6.45, 7) is 5.30. The zero-order valence-corrected chi connectivity index (χ0v) is 17.0. The minimum absolute atomic E-state index is 0.0642. The molecule has 1 aliphatic rings. The standard InChI is InChI=1S/C20H28N6O3/c1-3-18(27)22-15-9-8-14(2)16(13-15)23-19(28)21-10-6-12-26-20(29)25-11-5-4-7-17(25)24-26/h8-9,13H,3-7,10-12H2,1-2H3,(H,22,27)(H2,21,23,28). The third-order valence-electron chi connectivity index (χ3n) is 4.95. The van der Waals surface area contributed by atoms with E-state index in [0.717, 1.165) is 37.2 Å². The summed E-state index contributed by atoms with van der Waals surface area (Å²) in [4.78, 5) is 36.0. The Hall–Kier alpha value is -3.10. The van der Waals surface area contributed by atoms with Gasteiger partial charge in [-0.2, -0.15) is 5.10 Å². The van der Waals surface area contributed by atoms with Gasteiger partial charge in [0, 0.05) is 43.9 Å². The summed E-state index contributed by atoms with van der Waals surface area (Å²) in [5.41, 5.74) is 2.10. The predicted octanol–water partition coefficient (Wildman–Crippen LogP) is 2.25. The molecule has 0 saturated carbocycles. The van der Waals surface area contributed by atoms with Crippen molar-refractivity contribution in [2.45, 2.75) is 59.0 Å². The largest absolute Gasteiger partial charge is 0.345 e. The summed E-state index contributed by atoms with van der Waals surface area (Å²) in [7, 11) is 0. The van der Waals surface area contributed by atoms with E-state index in [1.54, 1.807) is 23.6 Å². The summed E-state index contributed by atoms with van der Waals surface area (Å²) in [6.07, 6.45) is 3.93. The van der Waals surface area contributed by atoms with Gasteiger partial charge in [-0.05, 0) is 43.9 Å². The van der Waals surface area contributed by atoms with E-state index in [9.17, 15) is 14.4 Å². The molecule has 3 amide bonds. The number of aryl methyl sites for hydroxylation is 3. The minimum atomic E-state index is -0.330. The van der Waals surface area contributed by atoms with Crippen molar-refractivity contribution in [3.8, 4) is 0 Å². The highest BCUT2D eigenvalue weighted by Gasteiger charge is 2.16. The third kappa shape index (κ3) is 5.24. The van der Waals surface area contributed by atoms with Crippen LogP contribution < -0.4 is 21.6 Å². The lowest BCUT2D eigenvalue weighted by Crippen LogP contribution is -2.31. The predicted molar refractivity (Wildman–Crippen MR) is 111 cm³/mol. The maximum absolute atomic E-state index is 12.3. The van der Waals surface area contributed by atoms with Crippen molar-refractivity contribution < 1.29 is 9.59 Å². The number of amides is 3. The van der Waals surface area contributed by atoms with Crippen LogP contribution in [-0.4, -0.2) is 32.8 Å². The number of rotatable bonds is 7. The van der Waals surface area contributed by atoms with Gasteiger partial charge in [-0.1, -0.05) is 13.0 Å². The number of carbonyl (C=O) groups is 2. The van der Waals surface area contributed by atoms with Crippen LogP contribution in [0.15, 0.2) is 23.0 Å². The van der Waals surface area contributed by atoms with Crippen LogP contribution >= 0.6 is 0 Å². The van der Waals surface area contributed by atoms with Crippen LogP contribution in [0.2, 0.25) is 0 Å². The van der Waals surface area contributed by atoms with E-state index >= 15 is 0 Å². The molecule has 0 atom stereocenters. The lowest BCUT2D eigenvalue weighted by Gasteiger charge is -2.12. The van der Waals surface area contributed by atoms with Crippen molar-refractivity contribution in [3.05, 3.63) is 40.1 Å². The number of hydrogen-bond donors (Lipinski definition) is 3. The number of nitrogens with zero attached hydrogens (tertiary/aromatic N) is 3. The van der Waals surface area contributed by atoms with E-state index < -0.39 is 0 Å². The number of aromatic nitrogens is 3. The number of fused-ring (bicyclic) bond motifs is 1. The van der Waals surface area contributed by atoms with Gasteiger partial charge < -0.3 is 16.0 Å². The molecule has 9 nitrogen and oxygen atoms in total. The zero-order chi connectivity index (χ0) is 20.8. The van der Waals surface area contributed by atoms with Crippen molar-refractivity contribution >= 4 is 23.3 Å². The van der Waals surface area contributed by atoms with Gasteiger partial charge in [-0.15, -0.1) is 0 Å². The Kier molecular flexibility index (Phi) is 6.69. The average Bonchev–Trinajstić information content (AvgIpc) is 3.03. The number of nitrogens with one attached hydrogen (secondary N) is 3. The van der Waals surface area contributed by atoms with Crippen LogP contribution in [0.25, 0.3) is 0 Å². The number of carbonyl (C=O) groups excluding carboxylic acids is 2. The highest BCUT2D eigenvalue weighted by molar-refractivity contribution is 5.94. The van der Waals surface area contributed by atoms with E-state index in [4.69, 9.17) is 0 Å². The Morgan fingerprint density at radius 2 is 2.03 bits per heavy atom. The van der Waals surface area contributed by atoms with Crippen LogP contribution in [0.1, 0.15) is 44.0 Å². The highest BCUT2D eigenvalue weighted by Crippen LogP contribution is 2.20. The molecule has 0 spiro atoms. The topological polar surface area (TPSA) is 110 Å². The van der Waals surface area contributed by atoms with Gasteiger partial charge in [0.05, 0.1) is 0 Å². The molecule has 29 heavy (non-hydrogen) atoms. The summed E-state index contributed by atoms with van der Waals surface area (Å²) in [6, 6.07) is 5.04. The first kappa shape index (κ1) is 20.6. The molecule has 9 heteroatoms. The summed E-state index contributed by atoms with van der Waals surface area (Å²) >= 11 is 0. The second-order valence-electron chi connectivity index (χ2n) is 7.20. The van der Waals surface area contributed by atoms with Crippen molar-refractivity contribution in [1.82, 2.24) is 19.7 Å². The highest BCUT2D eigenvalue weighted by atomic mass is 16.2.